The number of rotatable bonds is 1. The van der Waals surface area contributed by atoms with E-state index >= 15 is 0 Å². The lowest BCUT2D eigenvalue weighted by molar-refractivity contribution is -0.122. The van der Waals surface area contributed by atoms with E-state index in [-0.39, 0.29) is 24.2 Å². The van der Waals surface area contributed by atoms with E-state index in [0.717, 1.165) is 0 Å². The summed E-state index contributed by atoms with van der Waals surface area (Å²) in [7, 11) is 0. The van der Waals surface area contributed by atoms with Crippen LogP contribution in [0.3, 0.4) is 0 Å². The maximum absolute atomic E-state index is 11.0. The van der Waals surface area contributed by atoms with E-state index in [1.54, 1.807) is 11.8 Å². The van der Waals surface area contributed by atoms with Gasteiger partial charge in [-0.05, 0) is 19.1 Å². The number of alkyl carbamates (subject to hydrolysis) is 1. The number of thiocarbonyl (C=S) groups is 1. The first-order valence-corrected chi connectivity index (χ1v) is 5.03. The van der Waals surface area contributed by atoms with E-state index in [1.807, 2.05) is 0 Å². The van der Waals surface area contributed by atoms with Crippen LogP contribution in [0.4, 0.5) is 4.79 Å². The van der Waals surface area contributed by atoms with E-state index in [1.165, 1.54) is 0 Å². The molecule has 0 spiro atoms. The summed E-state index contributed by atoms with van der Waals surface area (Å²) in [5.74, 6) is -0.103. The largest absolute Gasteiger partial charge is 0.450 e. The molecule has 6 nitrogen and oxygen atoms in total. The Hall–Kier alpha value is -1.37. The highest BCUT2D eigenvalue weighted by atomic mass is 32.1. The minimum atomic E-state index is -0.589. The van der Waals surface area contributed by atoms with Crippen LogP contribution in [0.25, 0.3) is 0 Å². The summed E-state index contributed by atoms with van der Waals surface area (Å²) in [6.45, 7) is 3.29. The molecule has 0 bridgehead atoms. The van der Waals surface area contributed by atoms with Gasteiger partial charge in [0.1, 0.15) is 0 Å². The Morgan fingerprint density at radius 2 is 2.47 bits per heavy atom. The number of hydrogen-bond donors (Lipinski definition) is 2. The number of ether oxygens (including phenoxy) is 1. The number of carbonyl (C=O) groups is 2. The Kier molecular flexibility index (Phi) is 4.29. The lowest BCUT2D eigenvalue weighted by Crippen LogP contribution is -2.53. The van der Waals surface area contributed by atoms with Crippen molar-refractivity contribution in [2.24, 2.45) is 0 Å². The molecule has 84 valence electrons. The Bertz CT molecular complexity index is 282. The number of amides is 2. The molecule has 0 aromatic rings. The molecule has 0 radical (unpaired) electrons. The Balaban J connectivity index is 2.39. The van der Waals surface area contributed by atoms with E-state index in [4.69, 9.17) is 12.2 Å². The van der Waals surface area contributed by atoms with Gasteiger partial charge in [0.05, 0.1) is 13.2 Å². The molecule has 1 heterocycles. The number of nitrogens with one attached hydrogen (secondary N) is 2. The molecule has 0 atom stereocenters. The molecule has 1 aliphatic rings. The number of piperazine rings is 1. The number of nitrogens with zero attached hydrogens (tertiary/aromatic N) is 1. The molecule has 1 saturated heterocycles. The highest BCUT2D eigenvalue weighted by Crippen LogP contribution is 1.94. The van der Waals surface area contributed by atoms with E-state index < -0.39 is 6.09 Å². The van der Waals surface area contributed by atoms with Gasteiger partial charge in [-0.15, -0.1) is 0 Å². The molecule has 2 N–H and O–H groups in total. The molecule has 15 heavy (non-hydrogen) atoms. The van der Waals surface area contributed by atoms with Gasteiger partial charge in [0, 0.05) is 13.1 Å². The van der Waals surface area contributed by atoms with Crippen LogP contribution in [0.1, 0.15) is 6.92 Å². The SMILES string of the molecule is CCOC(=O)NC(=S)N1CCNC(=O)C1. The van der Waals surface area contributed by atoms with Crippen molar-refractivity contribution in [3.8, 4) is 0 Å². The predicted octanol–water partition coefficient (Wildman–Crippen LogP) is -0.551. The van der Waals surface area contributed by atoms with Gasteiger partial charge in [-0.1, -0.05) is 0 Å². The van der Waals surface area contributed by atoms with Crippen LogP contribution in [-0.4, -0.2) is 48.3 Å². The zero-order chi connectivity index (χ0) is 11.3. The lowest BCUT2D eigenvalue weighted by atomic mass is 10.4. The summed E-state index contributed by atoms with van der Waals surface area (Å²) in [5, 5.41) is 5.27. The van der Waals surface area contributed by atoms with Crippen molar-refractivity contribution < 1.29 is 14.3 Å². The van der Waals surface area contributed by atoms with Crippen molar-refractivity contribution in [1.29, 1.82) is 0 Å². The first kappa shape index (κ1) is 11.7. The average Bonchev–Trinajstić information content (AvgIpc) is 2.18. The Morgan fingerprint density at radius 3 is 3.07 bits per heavy atom. The van der Waals surface area contributed by atoms with Crippen molar-refractivity contribution in [3.63, 3.8) is 0 Å². The first-order chi connectivity index (χ1) is 7.13. The average molecular weight is 231 g/mol. The van der Waals surface area contributed by atoms with Crippen LogP contribution >= 0.6 is 12.2 Å². The normalized spacial score (nSPS) is 15.5. The fourth-order valence-corrected chi connectivity index (χ4v) is 1.38. The molecule has 1 aliphatic heterocycles. The predicted molar refractivity (Wildman–Crippen MR) is 57.3 cm³/mol. The maximum Gasteiger partial charge on any atom is 0.413 e. The zero-order valence-electron chi connectivity index (χ0n) is 8.41. The van der Waals surface area contributed by atoms with Crippen LogP contribution in [0.2, 0.25) is 0 Å². The van der Waals surface area contributed by atoms with Crippen molar-refractivity contribution in [1.82, 2.24) is 15.5 Å². The van der Waals surface area contributed by atoms with Crippen molar-refractivity contribution in [2.45, 2.75) is 6.92 Å². The van der Waals surface area contributed by atoms with Gasteiger partial charge in [-0.25, -0.2) is 4.79 Å². The van der Waals surface area contributed by atoms with Gasteiger partial charge in [-0.3, -0.25) is 10.1 Å². The minimum absolute atomic E-state index is 0.103. The molecular weight excluding hydrogens is 218 g/mol. The molecule has 1 rings (SSSR count). The first-order valence-electron chi connectivity index (χ1n) is 4.63. The van der Waals surface area contributed by atoms with Gasteiger partial charge in [0.15, 0.2) is 5.11 Å². The number of carbonyl (C=O) groups excluding carboxylic acids is 2. The molecule has 0 saturated carbocycles. The van der Waals surface area contributed by atoms with E-state index in [2.05, 4.69) is 15.4 Å². The van der Waals surface area contributed by atoms with Crippen molar-refractivity contribution in [2.75, 3.05) is 26.2 Å². The van der Waals surface area contributed by atoms with Gasteiger partial charge in [0.2, 0.25) is 5.91 Å². The summed E-state index contributed by atoms with van der Waals surface area (Å²) in [5.41, 5.74) is 0. The van der Waals surface area contributed by atoms with Crippen LogP contribution in [0.5, 0.6) is 0 Å². The zero-order valence-corrected chi connectivity index (χ0v) is 9.23. The molecular formula is C8H13N3O3S. The third kappa shape index (κ3) is 3.70. The van der Waals surface area contributed by atoms with Crippen LogP contribution in [-0.2, 0) is 9.53 Å². The van der Waals surface area contributed by atoms with Crippen molar-refractivity contribution in [3.05, 3.63) is 0 Å². The molecule has 7 heteroatoms. The summed E-state index contributed by atoms with van der Waals surface area (Å²) < 4.78 is 4.67. The molecule has 0 aliphatic carbocycles. The second kappa shape index (κ2) is 5.50. The molecule has 0 aromatic carbocycles. The smallest absolute Gasteiger partial charge is 0.413 e. The number of hydrogen-bond acceptors (Lipinski definition) is 4. The molecule has 0 unspecified atom stereocenters. The van der Waals surface area contributed by atoms with Crippen LogP contribution < -0.4 is 10.6 Å². The molecule has 2 amide bonds. The van der Waals surface area contributed by atoms with Crippen LogP contribution in [0, 0.1) is 0 Å². The second-order valence-electron chi connectivity index (χ2n) is 2.92. The monoisotopic (exact) mass is 231 g/mol. The summed E-state index contributed by atoms with van der Waals surface area (Å²) in [6, 6.07) is 0. The highest BCUT2D eigenvalue weighted by Gasteiger charge is 2.19. The minimum Gasteiger partial charge on any atom is -0.450 e. The third-order valence-electron chi connectivity index (χ3n) is 1.81. The highest BCUT2D eigenvalue weighted by molar-refractivity contribution is 7.80. The Labute approximate surface area is 92.9 Å². The summed E-state index contributed by atoms with van der Waals surface area (Å²) >= 11 is 4.95. The Morgan fingerprint density at radius 1 is 1.73 bits per heavy atom. The van der Waals surface area contributed by atoms with Gasteiger partial charge < -0.3 is 15.0 Å². The fourth-order valence-electron chi connectivity index (χ4n) is 1.15. The lowest BCUT2D eigenvalue weighted by Gasteiger charge is -2.28. The molecule has 1 fully saturated rings. The van der Waals surface area contributed by atoms with Gasteiger partial charge in [0.25, 0.3) is 0 Å². The topological polar surface area (TPSA) is 70.7 Å². The fraction of sp³-hybridized carbons (Fsp3) is 0.625. The van der Waals surface area contributed by atoms with Gasteiger partial charge in [-0.2, -0.15) is 0 Å². The van der Waals surface area contributed by atoms with Gasteiger partial charge >= 0.3 is 6.09 Å². The third-order valence-corrected chi connectivity index (χ3v) is 2.17. The van der Waals surface area contributed by atoms with E-state index in [0.29, 0.717) is 13.1 Å². The second-order valence-corrected chi connectivity index (χ2v) is 3.31. The van der Waals surface area contributed by atoms with E-state index in [9.17, 15) is 9.59 Å². The maximum atomic E-state index is 11.0. The van der Waals surface area contributed by atoms with Crippen LogP contribution in [0.15, 0.2) is 0 Å². The summed E-state index contributed by atoms with van der Waals surface area (Å²) in [4.78, 5) is 23.7. The quantitative estimate of drug-likeness (QED) is 0.592. The van der Waals surface area contributed by atoms with Crippen molar-refractivity contribution >= 4 is 29.3 Å². The summed E-state index contributed by atoms with van der Waals surface area (Å²) in [6.07, 6.45) is -0.589. The standard InChI is InChI=1S/C8H13N3O3S/c1-2-14-8(13)10-7(15)11-4-3-9-6(12)5-11/h2-5H2,1H3,(H,9,12)(H,10,13,15). The molecule has 0 aromatic heterocycles.